The highest BCUT2D eigenvalue weighted by molar-refractivity contribution is 5.92. The Kier molecular flexibility index (Phi) is 4.43. The molecule has 0 aliphatic carbocycles. The highest BCUT2D eigenvalue weighted by Gasteiger charge is 2.19. The second kappa shape index (κ2) is 6.26. The zero-order valence-electron chi connectivity index (χ0n) is 10.7. The van der Waals surface area contributed by atoms with Crippen LogP contribution < -0.4 is 10.5 Å². The molecule has 100 valence electrons. The standard InChI is InChI=1S/C15H17NO3/c16-7-3-1-5-11-9-12-6-2-4-8-19-14(12)13(10-11)15(17)18/h9-10H,2-4,6-8,16H2,(H,17,18). The van der Waals surface area contributed by atoms with E-state index < -0.39 is 5.97 Å². The third-order valence-electron chi connectivity index (χ3n) is 2.99. The second-order valence-corrected chi connectivity index (χ2v) is 4.46. The number of aryl methyl sites for hydroxylation is 1. The molecule has 0 spiro atoms. The van der Waals surface area contributed by atoms with Crippen LogP contribution in [0.2, 0.25) is 0 Å². The molecule has 1 aromatic carbocycles. The van der Waals surface area contributed by atoms with Crippen LogP contribution in [-0.2, 0) is 6.42 Å². The number of nitrogens with two attached hydrogens (primary N) is 1. The van der Waals surface area contributed by atoms with E-state index in [1.165, 1.54) is 0 Å². The summed E-state index contributed by atoms with van der Waals surface area (Å²) in [5.74, 6) is 5.43. The fourth-order valence-electron chi connectivity index (χ4n) is 2.10. The Morgan fingerprint density at radius 3 is 3.00 bits per heavy atom. The topological polar surface area (TPSA) is 72.6 Å². The van der Waals surface area contributed by atoms with Gasteiger partial charge in [0.05, 0.1) is 6.61 Å². The lowest BCUT2D eigenvalue weighted by Crippen LogP contribution is -2.05. The SMILES string of the molecule is NCCC#Cc1cc2c(c(C(=O)O)c1)OCCCC2. The van der Waals surface area contributed by atoms with Gasteiger partial charge in [0, 0.05) is 18.5 Å². The number of ether oxygens (including phenoxy) is 1. The summed E-state index contributed by atoms with van der Waals surface area (Å²) >= 11 is 0. The average molecular weight is 259 g/mol. The predicted molar refractivity (Wildman–Crippen MR) is 72.4 cm³/mol. The van der Waals surface area contributed by atoms with Gasteiger partial charge in [-0.15, -0.1) is 0 Å². The summed E-state index contributed by atoms with van der Waals surface area (Å²) in [7, 11) is 0. The van der Waals surface area contributed by atoms with Gasteiger partial charge in [-0.25, -0.2) is 4.79 Å². The Morgan fingerprint density at radius 1 is 1.42 bits per heavy atom. The molecule has 0 aromatic heterocycles. The smallest absolute Gasteiger partial charge is 0.339 e. The minimum absolute atomic E-state index is 0.205. The Morgan fingerprint density at radius 2 is 2.26 bits per heavy atom. The maximum atomic E-state index is 11.3. The van der Waals surface area contributed by atoms with E-state index in [-0.39, 0.29) is 5.56 Å². The number of carbonyl (C=O) groups is 1. The molecule has 0 unspecified atom stereocenters. The van der Waals surface area contributed by atoms with Crippen LogP contribution >= 0.6 is 0 Å². The van der Waals surface area contributed by atoms with Crippen molar-refractivity contribution in [2.75, 3.05) is 13.2 Å². The lowest BCUT2D eigenvalue weighted by Gasteiger charge is -2.11. The summed E-state index contributed by atoms with van der Waals surface area (Å²) in [6, 6.07) is 3.51. The summed E-state index contributed by atoms with van der Waals surface area (Å²) in [6.45, 7) is 1.08. The minimum atomic E-state index is -0.972. The van der Waals surface area contributed by atoms with Gasteiger partial charge in [0.2, 0.25) is 0 Å². The van der Waals surface area contributed by atoms with Gasteiger partial charge < -0.3 is 15.6 Å². The Hall–Kier alpha value is -1.99. The first kappa shape index (κ1) is 13.4. The van der Waals surface area contributed by atoms with Gasteiger partial charge in [0.25, 0.3) is 0 Å². The normalized spacial score (nSPS) is 13.5. The van der Waals surface area contributed by atoms with E-state index >= 15 is 0 Å². The van der Waals surface area contributed by atoms with Crippen molar-refractivity contribution in [3.05, 3.63) is 28.8 Å². The minimum Gasteiger partial charge on any atom is -0.492 e. The highest BCUT2D eigenvalue weighted by atomic mass is 16.5. The monoisotopic (exact) mass is 259 g/mol. The molecule has 0 radical (unpaired) electrons. The maximum absolute atomic E-state index is 11.3. The molecule has 4 nitrogen and oxygen atoms in total. The summed E-state index contributed by atoms with van der Waals surface area (Å²) in [5.41, 5.74) is 7.25. The molecule has 1 aliphatic rings. The molecule has 0 saturated carbocycles. The Labute approximate surface area is 112 Å². The van der Waals surface area contributed by atoms with Crippen LogP contribution in [0.1, 0.15) is 40.7 Å². The molecule has 0 amide bonds. The average Bonchev–Trinajstić information content (AvgIpc) is 2.63. The Bertz CT molecular complexity index is 540. The molecular formula is C15H17NO3. The molecule has 19 heavy (non-hydrogen) atoms. The van der Waals surface area contributed by atoms with Gasteiger partial charge in [-0.1, -0.05) is 11.8 Å². The van der Waals surface area contributed by atoms with Crippen LogP contribution in [0.4, 0.5) is 0 Å². The summed E-state index contributed by atoms with van der Waals surface area (Å²) in [5, 5.41) is 9.28. The second-order valence-electron chi connectivity index (χ2n) is 4.46. The molecule has 3 N–H and O–H groups in total. The van der Waals surface area contributed by atoms with Crippen LogP contribution in [0.5, 0.6) is 5.75 Å². The van der Waals surface area contributed by atoms with Gasteiger partial charge in [-0.05, 0) is 37.0 Å². The van der Waals surface area contributed by atoms with E-state index in [2.05, 4.69) is 11.8 Å². The number of benzene rings is 1. The van der Waals surface area contributed by atoms with Crippen LogP contribution in [0, 0.1) is 11.8 Å². The molecule has 2 rings (SSSR count). The molecule has 4 heteroatoms. The number of hydrogen-bond donors (Lipinski definition) is 2. The van der Waals surface area contributed by atoms with Gasteiger partial charge in [-0.3, -0.25) is 0 Å². The largest absolute Gasteiger partial charge is 0.492 e. The van der Waals surface area contributed by atoms with Crippen molar-refractivity contribution in [2.24, 2.45) is 5.73 Å². The van der Waals surface area contributed by atoms with E-state index in [4.69, 9.17) is 10.5 Å². The molecule has 0 fully saturated rings. The van der Waals surface area contributed by atoms with Crippen LogP contribution in [0.25, 0.3) is 0 Å². The van der Waals surface area contributed by atoms with Crippen molar-refractivity contribution in [3.63, 3.8) is 0 Å². The first-order valence-electron chi connectivity index (χ1n) is 6.44. The molecular weight excluding hydrogens is 242 g/mol. The summed E-state index contributed by atoms with van der Waals surface area (Å²) < 4.78 is 5.57. The zero-order chi connectivity index (χ0) is 13.7. The van der Waals surface area contributed by atoms with Crippen molar-refractivity contribution < 1.29 is 14.6 Å². The van der Waals surface area contributed by atoms with E-state index in [0.29, 0.717) is 25.3 Å². The fraction of sp³-hybridized carbons (Fsp3) is 0.400. The first-order chi connectivity index (χ1) is 9.22. The van der Waals surface area contributed by atoms with Gasteiger partial charge in [0.1, 0.15) is 11.3 Å². The number of aromatic carboxylic acids is 1. The number of rotatable bonds is 2. The zero-order valence-corrected chi connectivity index (χ0v) is 10.7. The van der Waals surface area contributed by atoms with Crippen molar-refractivity contribution >= 4 is 5.97 Å². The van der Waals surface area contributed by atoms with Crippen LogP contribution in [0.15, 0.2) is 12.1 Å². The molecule has 1 aliphatic heterocycles. The number of fused-ring (bicyclic) bond motifs is 1. The van der Waals surface area contributed by atoms with Crippen molar-refractivity contribution in [1.82, 2.24) is 0 Å². The van der Waals surface area contributed by atoms with Gasteiger partial charge in [-0.2, -0.15) is 0 Å². The van der Waals surface area contributed by atoms with Crippen LogP contribution in [-0.4, -0.2) is 24.2 Å². The van der Waals surface area contributed by atoms with E-state index in [1.807, 2.05) is 6.07 Å². The fourth-order valence-corrected chi connectivity index (χ4v) is 2.10. The number of carboxylic acids is 1. The van der Waals surface area contributed by atoms with E-state index in [0.717, 1.165) is 30.4 Å². The third-order valence-corrected chi connectivity index (χ3v) is 2.99. The lowest BCUT2D eigenvalue weighted by atomic mass is 10.0. The third kappa shape index (κ3) is 3.27. The van der Waals surface area contributed by atoms with Crippen LogP contribution in [0.3, 0.4) is 0 Å². The number of carboxylic acid groups (broad SMARTS) is 1. The first-order valence-corrected chi connectivity index (χ1v) is 6.44. The van der Waals surface area contributed by atoms with E-state index in [9.17, 15) is 9.90 Å². The molecule has 0 bridgehead atoms. The van der Waals surface area contributed by atoms with E-state index in [1.54, 1.807) is 6.07 Å². The molecule has 1 aromatic rings. The van der Waals surface area contributed by atoms with Gasteiger partial charge in [0.15, 0.2) is 0 Å². The Balaban J connectivity index is 2.44. The molecule has 0 saturated heterocycles. The lowest BCUT2D eigenvalue weighted by molar-refractivity contribution is 0.0692. The quantitative estimate of drug-likeness (QED) is 0.794. The number of hydrogen-bond acceptors (Lipinski definition) is 3. The molecule has 0 atom stereocenters. The van der Waals surface area contributed by atoms with Crippen molar-refractivity contribution in [2.45, 2.75) is 25.7 Å². The highest BCUT2D eigenvalue weighted by Crippen LogP contribution is 2.30. The van der Waals surface area contributed by atoms with Gasteiger partial charge >= 0.3 is 5.97 Å². The van der Waals surface area contributed by atoms with Crippen molar-refractivity contribution in [3.8, 4) is 17.6 Å². The summed E-state index contributed by atoms with van der Waals surface area (Å²) in [6.07, 6.45) is 3.39. The molecule has 1 heterocycles. The maximum Gasteiger partial charge on any atom is 0.339 e. The predicted octanol–water partition coefficient (Wildman–Crippen LogP) is 1.80. The van der Waals surface area contributed by atoms with Crippen molar-refractivity contribution in [1.29, 1.82) is 0 Å². The summed E-state index contributed by atoms with van der Waals surface area (Å²) in [4.78, 5) is 11.3.